The smallest absolute Gasteiger partial charge is 0.481 e. The van der Waals surface area contributed by atoms with E-state index in [1.54, 1.807) is 26.7 Å². The van der Waals surface area contributed by atoms with Gasteiger partial charge in [-0.3, -0.25) is 14.4 Å². The molecule has 1 amide bonds. The number of benzene rings is 1. The molecule has 1 rings (SSSR count). The second kappa shape index (κ2) is 26.7. The summed E-state index contributed by atoms with van der Waals surface area (Å²) >= 11 is 0. The van der Waals surface area contributed by atoms with Gasteiger partial charge in [0.25, 0.3) is 0 Å². The first-order valence-electron chi connectivity index (χ1n) is 18.3. The van der Waals surface area contributed by atoms with Gasteiger partial charge in [0.2, 0.25) is 5.91 Å². The van der Waals surface area contributed by atoms with Crippen molar-refractivity contribution in [1.82, 2.24) is 5.32 Å². The highest BCUT2D eigenvalue weighted by atomic mass is 16.8. The summed E-state index contributed by atoms with van der Waals surface area (Å²) in [6.07, 6.45) is 7.54. The minimum Gasteiger partial charge on any atom is -0.481 e. The Hall–Kier alpha value is -4.96. The fraction of sp³-hybridized carbons (Fsp3) is 0.575. The monoisotopic (exact) mass is 757 g/mol. The molecule has 0 saturated heterocycles. The number of carbonyl (C=O) groups excluding carboxylic acids is 4. The average molecular weight is 758 g/mol. The maximum absolute atomic E-state index is 13.8. The third kappa shape index (κ3) is 18.7. The Balaban J connectivity index is 3.17. The Morgan fingerprint density at radius 3 is 2.11 bits per heavy atom. The number of unbranched alkanes of at least 4 members (excludes halogenated alkanes) is 8. The lowest BCUT2D eigenvalue weighted by Gasteiger charge is -2.30. The van der Waals surface area contributed by atoms with Gasteiger partial charge in [0, 0.05) is 12.8 Å². The van der Waals surface area contributed by atoms with Crippen molar-refractivity contribution in [3.63, 3.8) is 0 Å². The van der Waals surface area contributed by atoms with Crippen molar-refractivity contribution >= 4 is 41.3 Å². The van der Waals surface area contributed by atoms with Gasteiger partial charge >= 0.3 is 18.1 Å². The van der Waals surface area contributed by atoms with Crippen molar-refractivity contribution in [2.45, 2.75) is 129 Å². The van der Waals surface area contributed by atoms with Crippen LogP contribution in [0.4, 0.5) is 4.79 Å². The molecule has 54 heavy (non-hydrogen) atoms. The molecule has 14 heteroatoms. The second-order valence-corrected chi connectivity index (χ2v) is 12.9. The standard InChI is InChI=1S/C40H55NO13/c1-5-7-9-12-15-18-31(43)19-16-13-10-11-14-17-20-34(40(50,38(47)48)26-35(44)45)36(46)41-37(52-28-53-39(49)54-29(3)4)33(27-42)30-21-23-32(24-22-30)51-25-8-6-2/h17,20-24,29,34,37,50H,5,7,9-16,18-19,25-26,28H2,1-4H3,(H,41,46)(H,44,45)(H,47,48)/t34-,37+,40+/m1/s1. The van der Waals surface area contributed by atoms with Crippen LogP contribution in [0.2, 0.25) is 0 Å². The van der Waals surface area contributed by atoms with Crippen molar-refractivity contribution in [2.75, 3.05) is 13.4 Å². The van der Waals surface area contributed by atoms with E-state index in [-0.39, 0.29) is 23.5 Å². The predicted octanol–water partition coefficient (Wildman–Crippen LogP) is 6.01. The SMILES string of the molecule is CC#CCOc1ccc(C(=C=O)[C@@H](NC(=O)[C@@H](C=CCCCCCCC(=O)CCCCCCC)[C@@](O)(CC(=O)O)C(=O)O)OCOC(=O)OC(C)C)cc1. The maximum atomic E-state index is 13.8. The van der Waals surface area contributed by atoms with Crippen molar-refractivity contribution in [3.05, 3.63) is 42.0 Å². The molecule has 0 aromatic heterocycles. The van der Waals surface area contributed by atoms with Gasteiger partial charge in [-0.15, -0.1) is 5.92 Å². The predicted molar refractivity (Wildman–Crippen MR) is 199 cm³/mol. The molecule has 0 aliphatic rings. The van der Waals surface area contributed by atoms with Gasteiger partial charge in [0.1, 0.15) is 24.1 Å². The van der Waals surface area contributed by atoms with Crippen LogP contribution >= 0.6 is 0 Å². The zero-order valence-electron chi connectivity index (χ0n) is 31.7. The molecule has 1 aromatic rings. The number of rotatable bonds is 28. The third-order valence-corrected chi connectivity index (χ3v) is 8.09. The summed E-state index contributed by atoms with van der Waals surface area (Å²) in [5.41, 5.74) is -3.26. The summed E-state index contributed by atoms with van der Waals surface area (Å²) in [6, 6.07) is 5.92. The van der Waals surface area contributed by atoms with Gasteiger partial charge in [-0.2, -0.15) is 0 Å². The summed E-state index contributed by atoms with van der Waals surface area (Å²) in [5, 5.41) is 32.9. The quantitative estimate of drug-likeness (QED) is 0.0193. The Kier molecular flexibility index (Phi) is 23.3. The second-order valence-electron chi connectivity index (χ2n) is 12.9. The number of nitrogens with one attached hydrogen (secondary N) is 1. The highest BCUT2D eigenvalue weighted by Gasteiger charge is 2.49. The largest absolute Gasteiger partial charge is 0.510 e. The Labute approximate surface area is 317 Å². The minimum atomic E-state index is -3.11. The number of carbonyl (C=O) groups is 5. The number of ketones is 1. The van der Waals surface area contributed by atoms with Crippen molar-refractivity contribution in [2.24, 2.45) is 5.92 Å². The number of ether oxygens (including phenoxy) is 4. The van der Waals surface area contributed by atoms with E-state index < -0.39 is 61.1 Å². The molecule has 0 fully saturated rings. The summed E-state index contributed by atoms with van der Waals surface area (Å²) in [7, 11) is 0. The molecule has 298 valence electrons. The number of Topliss-reactive ketones (excluding diaryl/α,β-unsaturated/α-hetero) is 1. The molecule has 0 unspecified atom stereocenters. The van der Waals surface area contributed by atoms with Crippen molar-refractivity contribution in [3.8, 4) is 17.6 Å². The van der Waals surface area contributed by atoms with Crippen molar-refractivity contribution < 1.29 is 63.0 Å². The van der Waals surface area contributed by atoms with Gasteiger partial charge in [0.15, 0.2) is 18.6 Å². The highest BCUT2D eigenvalue weighted by Crippen LogP contribution is 2.27. The first kappa shape index (κ1) is 47.1. The van der Waals surface area contributed by atoms with Crippen LogP contribution in [0.15, 0.2) is 36.4 Å². The molecular weight excluding hydrogens is 702 g/mol. The lowest BCUT2D eigenvalue weighted by atomic mass is 9.83. The van der Waals surface area contributed by atoms with Gasteiger partial charge in [-0.25, -0.2) is 14.4 Å². The lowest BCUT2D eigenvalue weighted by Crippen LogP contribution is -2.54. The summed E-state index contributed by atoms with van der Waals surface area (Å²) in [4.78, 5) is 74.1. The van der Waals surface area contributed by atoms with Gasteiger partial charge in [0.05, 0.1) is 24.0 Å². The zero-order chi connectivity index (χ0) is 40.4. The molecule has 0 aliphatic heterocycles. The number of carboxylic acid groups (broad SMARTS) is 2. The number of aliphatic carboxylic acids is 2. The average Bonchev–Trinajstić information content (AvgIpc) is 3.11. The van der Waals surface area contributed by atoms with E-state index in [2.05, 4.69) is 24.1 Å². The van der Waals surface area contributed by atoms with Crippen molar-refractivity contribution in [1.29, 1.82) is 0 Å². The van der Waals surface area contributed by atoms with Crippen LogP contribution in [0.1, 0.15) is 117 Å². The number of aliphatic hydroxyl groups is 1. The van der Waals surface area contributed by atoms with Crippen LogP contribution in [0.3, 0.4) is 0 Å². The molecule has 0 aliphatic carbocycles. The highest BCUT2D eigenvalue weighted by molar-refractivity contribution is 5.96. The van der Waals surface area contributed by atoms with E-state index in [9.17, 15) is 44.1 Å². The third-order valence-electron chi connectivity index (χ3n) is 8.09. The molecule has 14 nitrogen and oxygen atoms in total. The van der Waals surface area contributed by atoms with Crippen LogP contribution in [-0.2, 0) is 38.2 Å². The zero-order valence-corrected chi connectivity index (χ0v) is 31.7. The van der Waals surface area contributed by atoms with E-state index >= 15 is 0 Å². The van der Waals surface area contributed by atoms with Gasteiger partial charge in [-0.1, -0.05) is 75.7 Å². The summed E-state index contributed by atoms with van der Waals surface area (Å²) in [5.74, 6) is 0.890. The molecule has 0 heterocycles. The number of hydrogen-bond acceptors (Lipinski definition) is 11. The number of hydrogen-bond donors (Lipinski definition) is 4. The lowest BCUT2D eigenvalue weighted by molar-refractivity contribution is -0.172. The summed E-state index contributed by atoms with van der Waals surface area (Å²) in [6.45, 7) is 6.21. The normalized spacial score (nSPS) is 13.1. The number of allylic oxidation sites excluding steroid dienone is 1. The molecule has 1 aromatic carbocycles. The fourth-order valence-electron chi connectivity index (χ4n) is 5.21. The van der Waals surface area contributed by atoms with E-state index in [0.717, 1.165) is 51.0 Å². The maximum Gasteiger partial charge on any atom is 0.510 e. The Morgan fingerprint density at radius 1 is 0.926 bits per heavy atom. The molecule has 0 radical (unpaired) electrons. The molecule has 0 bridgehead atoms. The first-order valence-corrected chi connectivity index (χ1v) is 18.3. The van der Waals surface area contributed by atoms with Crippen LogP contribution in [0, 0.1) is 17.8 Å². The van der Waals surface area contributed by atoms with E-state index in [4.69, 9.17) is 18.9 Å². The van der Waals surface area contributed by atoms with Gasteiger partial charge < -0.3 is 39.6 Å². The van der Waals surface area contributed by atoms with E-state index in [0.29, 0.717) is 31.4 Å². The fourth-order valence-corrected chi connectivity index (χ4v) is 5.21. The molecule has 0 saturated carbocycles. The number of carboxylic acids is 2. The summed E-state index contributed by atoms with van der Waals surface area (Å²) < 4.78 is 20.8. The van der Waals surface area contributed by atoms with E-state index in [1.165, 1.54) is 36.8 Å². The van der Waals surface area contributed by atoms with Crippen LogP contribution in [-0.4, -0.2) is 82.4 Å². The molecule has 3 atom stereocenters. The molecular formula is C40H55NO13. The van der Waals surface area contributed by atoms with Crippen LogP contribution in [0.25, 0.3) is 5.57 Å². The number of amides is 1. The first-order chi connectivity index (χ1) is 25.8. The topological polar surface area (TPSA) is 212 Å². The van der Waals surface area contributed by atoms with Crippen LogP contribution in [0.5, 0.6) is 5.75 Å². The van der Waals surface area contributed by atoms with Gasteiger partial charge in [-0.05, 0) is 64.2 Å². The molecule has 0 spiro atoms. The molecule has 4 N–H and O–H groups in total. The minimum absolute atomic E-state index is 0.107. The van der Waals surface area contributed by atoms with Crippen LogP contribution < -0.4 is 10.1 Å². The Bertz CT molecular complexity index is 1480. The Morgan fingerprint density at radius 2 is 1.56 bits per heavy atom. The van der Waals surface area contributed by atoms with E-state index in [1.807, 2.05) is 0 Å².